The Bertz CT molecular complexity index is 939. The van der Waals surface area contributed by atoms with Gasteiger partial charge in [-0.05, 0) is 48.6 Å². The van der Waals surface area contributed by atoms with Crippen LogP contribution in [0.3, 0.4) is 0 Å². The summed E-state index contributed by atoms with van der Waals surface area (Å²) in [6.45, 7) is 2.63. The molecule has 1 heterocycles. The lowest BCUT2D eigenvalue weighted by atomic mass is 10.2. The SMILES string of the molecule is C[NH+]1CCN(S(=O)(=O)c2ccc(NC(=S)NC(=O)c3ccccc3)cc2)CC1. The number of quaternary nitrogens is 1. The minimum atomic E-state index is -3.50. The third-order valence-corrected chi connectivity index (χ3v) is 6.71. The van der Waals surface area contributed by atoms with E-state index in [9.17, 15) is 13.2 Å². The first-order valence-electron chi connectivity index (χ1n) is 8.95. The molecule has 1 fully saturated rings. The number of sulfonamides is 1. The van der Waals surface area contributed by atoms with Gasteiger partial charge in [-0.25, -0.2) is 8.42 Å². The number of anilines is 1. The molecule has 1 aliphatic rings. The van der Waals surface area contributed by atoms with Crippen molar-refractivity contribution >= 4 is 38.9 Å². The van der Waals surface area contributed by atoms with E-state index in [4.69, 9.17) is 12.2 Å². The molecule has 0 unspecified atom stereocenters. The maximum atomic E-state index is 12.7. The van der Waals surface area contributed by atoms with Crippen LogP contribution in [0.15, 0.2) is 59.5 Å². The average Bonchev–Trinajstić information content (AvgIpc) is 2.69. The molecule has 0 bridgehead atoms. The van der Waals surface area contributed by atoms with Gasteiger partial charge in [-0.1, -0.05) is 18.2 Å². The van der Waals surface area contributed by atoms with Gasteiger partial charge in [0.05, 0.1) is 38.1 Å². The van der Waals surface area contributed by atoms with Crippen LogP contribution in [0.1, 0.15) is 10.4 Å². The molecular weight excluding hydrogens is 396 g/mol. The number of piperazine rings is 1. The van der Waals surface area contributed by atoms with Crippen LogP contribution >= 0.6 is 12.2 Å². The monoisotopic (exact) mass is 419 g/mol. The first kappa shape index (κ1) is 20.4. The van der Waals surface area contributed by atoms with Crippen LogP contribution in [0.4, 0.5) is 5.69 Å². The molecule has 2 aromatic rings. The maximum Gasteiger partial charge on any atom is 0.257 e. The van der Waals surface area contributed by atoms with Crippen molar-refractivity contribution in [1.29, 1.82) is 0 Å². The van der Waals surface area contributed by atoms with Crippen molar-refractivity contribution in [3.63, 3.8) is 0 Å². The number of amides is 1. The van der Waals surface area contributed by atoms with E-state index in [-0.39, 0.29) is 15.9 Å². The average molecular weight is 420 g/mol. The van der Waals surface area contributed by atoms with Gasteiger partial charge in [0.1, 0.15) is 0 Å². The summed E-state index contributed by atoms with van der Waals surface area (Å²) < 4.78 is 27.0. The highest BCUT2D eigenvalue weighted by Crippen LogP contribution is 2.18. The van der Waals surface area contributed by atoms with Crippen LogP contribution in [0, 0.1) is 0 Å². The molecule has 148 valence electrons. The summed E-state index contributed by atoms with van der Waals surface area (Å²) in [6.07, 6.45) is 0. The largest absolute Gasteiger partial charge is 0.335 e. The summed E-state index contributed by atoms with van der Waals surface area (Å²) >= 11 is 5.16. The van der Waals surface area contributed by atoms with Gasteiger partial charge in [0.15, 0.2) is 5.11 Å². The molecule has 28 heavy (non-hydrogen) atoms. The fraction of sp³-hybridized carbons (Fsp3) is 0.263. The lowest BCUT2D eigenvalue weighted by molar-refractivity contribution is -0.883. The molecule has 1 aliphatic heterocycles. The number of hydrogen-bond donors (Lipinski definition) is 3. The Morgan fingerprint density at radius 1 is 1.04 bits per heavy atom. The van der Waals surface area contributed by atoms with Gasteiger partial charge >= 0.3 is 0 Å². The molecule has 0 radical (unpaired) electrons. The molecular formula is C19H23N4O3S2+. The lowest BCUT2D eigenvalue weighted by Gasteiger charge is -2.29. The number of hydrogen-bond acceptors (Lipinski definition) is 4. The molecule has 1 saturated heterocycles. The number of nitrogens with one attached hydrogen (secondary N) is 3. The van der Waals surface area contributed by atoms with Crippen molar-refractivity contribution in [3.8, 4) is 0 Å². The Hall–Kier alpha value is -2.33. The molecule has 0 saturated carbocycles. The van der Waals surface area contributed by atoms with Crippen molar-refractivity contribution in [2.24, 2.45) is 0 Å². The molecule has 3 N–H and O–H groups in total. The summed E-state index contributed by atoms with van der Waals surface area (Å²) in [5.74, 6) is -0.311. The van der Waals surface area contributed by atoms with Crippen molar-refractivity contribution < 1.29 is 18.1 Å². The van der Waals surface area contributed by atoms with Crippen LogP contribution in [0.5, 0.6) is 0 Å². The van der Waals surface area contributed by atoms with E-state index in [1.807, 2.05) is 6.07 Å². The molecule has 2 aromatic carbocycles. The van der Waals surface area contributed by atoms with Crippen molar-refractivity contribution in [3.05, 3.63) is 60.2 Å². The van der Waals surface area contributed by atoms with E-state index in [1.165, 1.54) is 9.21 Å². The zero-order valence-electron chi connectivity index (χ0n) is 15.5. The molecule has 9 heteroatoms. The molecule has 0 aromatic heterocycles. The van der Waals surface area contributed by atoms with Crippen molar-refractivity contribution in [2.75, 3.05) is 38.5 Å². The predicted octanol–water partition coefficient (Wildman–Crippen LogP) is 0.332. The number of carbonyl (C=O) groups is 1. The fourth-order valence-electron chi connectivity index (χ4n) is 2.89. The van der Waals surface area contributed by atoms with E-state index in [0.717, 1.165) is 13.1 Å². The van der Waals surface area contributed by atoms with Gasteiger partial charge in [-0.3, -0.25) is 10.1 Å². The second-order valence-corrected chi connectivity index (χ2v) is 9.01. The molecule has 1 amide bonds. The van der Waals surface area contributed by atoms with E-state index in [2.05, 4.69) is 17.7 Å². The number of thiocarbonyl (C=S) groups is 1. The van der Waals surface area contributed by atoms with Crippen LogP contribution in [0.2, 0.25) is 0 Å². The Kier molecular flexibility index (Phi) is 6.40. The maximum absolute atomic E-state index is 12.7. The predicted molar refractivity (Wildman–Crippen MR) is 112 cm³/mol. The number of nitrogens with zero attached hydrogens (tertiary/aromatic N) is 1. The van der Waals surface area contributed by atoms with E-state index < -0.39 is 10.0 Å². The molecule has 0 spiro atoms. The molecule has 7 nitrogen and oxygen atoms in total. The van der Waals surface area contributed by atoms with Crippen LogP contribution in [-0.2, 0) is 10.0 Å². The highest BCUT2D eigenvalue weighted by Gasteiger charge is 2.28. The minimum absolute atomic E-state index is 0.145. The van der Waals surface area contributed by atoms with Gasteiger partial charge in [-0.2, -0.15) is 4.31 Å². The summed E-state index contributed by atoms with van der Waals surface area (Å²) in [7, 11) is -1.44. The van der Waals surface area contributed by atoms with Crippen LogP contribution < -0.4 is 15.5 Å². The molecule has 3 rings (SSSR count). The second-order valence-electron chi connectivity index (χ2n) is 6.66. The molecule has 0 atom stereocenters. The lowest BCUT2D eigenvalue weighted by Crippen LogP contribution is -3.12. The zero-order chi connectivity index (χ0) is 20.1. The third kappa shape index (κ3) is 4.93. The fourth-order valence-corrected chi connectivity index (χ4v) is 4.55. The number of rotatable bonds is 4. The van der Waals surface area contributed by atoms with Gasteiger partial charge in [0.2, 0.25) is 10.0 Å². The topological polar surface area (TPSA) is 82.9 Å². The smallest absolute Gasteiger partial charge is 0.257 e. The van der Waals surface area contributed by atoms with Crippen molar-refractivity contribution in [2.45, 2.75) is 4.90 Å². The first-order valence-corrected chi connectivity index (χ1v) is 10.8. The normalized spacial score (nSPS) is 15.8. The summed E-state index contributed by atoms with van der Waals surface area (Å²) in [5.41, 5.74) is 1.10. The number of carbonyl (C=O) groups excluding carboxylic acids is 1. The highest BCUT2D eigenvalue weighted by molar-refractivity contribution is 7.89. The van der Waals surface area contributed by atoms with Crippen molar-refractivity contribution in [1.82, 2.24) is 9.62 Å². The minimum Gasteiger partial charge on any atom is -0.335 e. The van der Waals surface area contributed by atoms with Gasteiger partial charge in [-0.15, -0.1) is 0 Å². The summed E-state index contributed by atoms with van der Waals surface area (Å²) in [6, 6.07) is 15.1. The number of likely N-dealkylation sites (N-methyl/N-ethyl adjacent to an activating group) is 1. The Labute approximate surface area is 170 Å². The standard InChI is InChI=1S/C19H22N4O3S2/c1-22-11-13-23(14-12-22)28(25,26)17-9-7-16(8-10-17)20-19(27)21-18(24)15-5-3-2-4-6-15/h2-10H,11-14H2,1H3,(H2,20,21,24,27)/p+1. The quantitative estimate of drug-likeness (QED) is 0.623. The Balaban J connectivity index is 1.61. The Morgan fingerprint density at radius 3 is 2.25 bits per heavy atom. The summed E-state index contributed by atoms with van der Waals surface area (Å²) in [5, 5.41) is 5.64. The summed E-state index contributed by atoms with van der Waals surface area (Å²) in [4.78, 5) is 13.7. The van der Waals surface area contributed by atoms with Gasteiger partial charge < -0.3 is 10.2 Å². The highest BCUT2D eigenvalue weighted by atomic mass is 32.2. The van der Waals surface area contributed by atoms with Crippen LogP contribution in [-0.4, -0.2) is 57.0 Å². The van der Waals surface area contributed by atoms with E-state index >= 15 is 0 Å². The first-order chi connectivity index (χ1) is 13.4. The number of benzene rings is 2. The van der Waals surface area contributed by atoms with Crippen LogP contribution in [0.25, 0.3) is 0 Å². The zero-order valence-corrected chi connectivity index (χ0v) is 17.1. The van der Waals surface area contributed by atoms with Gasteiger partial charge in [0, 0.05) is 11.3 Å². The van der Waals surface area contributed by atoms with E-state index in [1.54, 1.807) is 48.5 Å². The second kappa shape index (κ2) is 8.78. The van der Waals surface area contributed by atoms with E-state index in [0.29, 0.717) is 24.3 Å². The molecule has 0 aliphatic carbocycles. The van der Waals surface area contributed by atoms with Gasteiger partial charge in [0.25, 0.3) is 5.91 Å². The third-order valence-electron chi connectivity index (χ3n) is 4.59. The Morgan fingerprint density at radius 2 is 1.64 bits per heavy atom.